The van der Waals surface area contributed by atoms with E-state index in [1.54, 1.807) is 23.1 Å². The molecule has 0 aromatic heterocycles. The fourth-order valence-corrected chi connectivity index (χ4v) is 3.40. The molecular formula is C23H25N3O4. The molecule has 1 aliphatic heterocycles. The van der Waals surface area contributed by atoms with Crippen molar-refractivity contribution in [2.45, 2.75) is 32.6 Å². The maximum atomic E-state index is 12.3. The van der Waals surface area contributed by atoms with Crippen LogP contribution >= 0.6 is 0 Å². The van der Waals surface area contributed by atoms with Gasteiger partial charge < -0.3 is 20.3 Å². The third-order valence-electron chi connectivity index (χ3n) is 5.32. The van der Waals surface area contributed by atoms with E-state index in [2.05, 4.69) is 10.6 Å². The molecule has 0 unspecified atom stereocenters. The molecule has 2 aromatic rings. The zero-order valence-corrected chi connectivity index (χ0v) is 16.9. The van der Waals surface area contributed by atoms with Crippen molar-refractivity contribution in [1.82, 2.24) is 0 Å². The molecule has 0 bridgehead atoms. The number of nitrogens with zero attached hydrogens (tertiary/aromatic N) is 1. The Hall–Kier alpha value is -3.35. The Kier molecular flexibility index (Phi) is 5.70. The topological polar surface area (TPSA) is 87.7 Å². The minimum absolute atomic E-state index is 0.0264. The Labute approximate surface area is 175 Å². The van der Waals surface area contributed by atoms with Crippen LogP contribution in [0.2, 0.25) is 0 Å². The van der Waals surface area contributed by atoms with Crippen molar-refractivity contribution in [2.24, 2.45) is 5.92 Å². The quantitative estimate of drug-likeness (QED) is 0.736. The first-order valence-electron chi connectivity index (χ1n) is 10.2. The summed E-state index contributed by atoms with van der Waals surface area (Å²) in [5.41, 5.74) is 3.04. The molecule has 3 amide bonds. The summed E-state index contributed by atoms with van der Waals surface area (Å²) in [4.78, 5) is 37.8. The molecular weight excluding hydrogens is 382 g/mol. The van der Waals surface area contributed by atoms with E-state index >= 15 is 0 Å². The van der Waals surface area contributed by atoms with E-state index < -0.39 is 0 Å². The minimum Gasteiger partial charge on any atom is -0.484 e. The molecule has 1 heterocycles. The number of aryl methyl sites for hydroxylation is 1. The summed E-state index contributed by atoms with van der Waals surface area (Å²) in [7, 11) is 0. The lowest BCUT2D eigenvalue weighted by atomic mass is 10.1. The lowest BCUT2D eigenvalue weighted by Gasteiger charge is -2.16. The average molecular weight is 407 g/mol. The Balaban J connectivity index is 1.31. The lowest BCUT2D eigenvalue weighted by Crippen LogP contribution is -2.23. The van der Waals surface area contributed by atoms with Crippen molar-refractivity contribution >= 4 is 34.8 Å². The largest absolute Gasteiger partial charge is 0.484 e. The normalized spacial score (nSPS) is 15.8. The van der Waals surface area contributed by atoms with Gasteiger partial charge in [-0.05, 0) is 68.1 Å². The van der Waals surface area contributed by atoms with Crippen LogP contribution in [0.1, 0.15) is 31.2 Å². The van der Waals surface area contributed by atoms with Crippen LogP contribution in [-0.2, 0) is 14.4 Å². The average Bonchev–Trinajstić information content (AvgIpc) is 3.51. The Morgan fingerprint density at radius 3 is 2.53 bits per heavy atom. The molecule has 2 fully saturated rings. The molecule has 7 heteroatoms. The molecule has 1 aliphatic carbocycles. The SMILES string of the molecule is Cc1ccc(NC(=O)C2CC2)cc1NC(=O)COc1ccc(N2CCCC2=O)cc1. The van der Waals surface area contributed by atoms with Crippen molar-refractivity contribution in [3.05, 3.63) is 48.0 Å². The van der Waals surface area contributed by atoms with Gasteiger partial charge in [0.15, 0.2) is 6.61 Å². The zero-order valence-electron chi connectivity index (χ0n) is 16.9. The predicted molar refractivity (Wildman–Crippen MR) is 115 cm³/mol. The van der Waals surface area contributed by atoms with Crippen LogP contribution in [0, 0.1) is 12.8 Å². The van der Waals surface area contributed by atoms with Gasteiger partial charge >= 0.3 is 0 Å². The number of ether oxygens (including phenoxy) is 1. The summed E-state index contributed by atoms with van der Waals surface area (Å²) in [6.07, 6.45) is 3.34. The Bertz CT molecular complexity index is 967. The van der Waals surface area contributed by atoms with Gasteiger partial charge in [0.25, 0.3) is 5.91 Å². The smallest absolute Gasteiger partial charge is 0.262 e. The number of amides is 3. The summed E-state index contributed by atoms with van der Waals surface area (Å²) in [6.45, 7) is 2.49. The predicted octanol–water partition coefficient (Wildman–Crippen LogP) is 3.49. The minimum atomic E-state index is -0.289. The van der Waals surface area contributed by atoms with E-state index in [1.165, 1.54) is 0 Å². The van der Waals surface area contributed by atoms with Crippen molar-refractivity contribution in [3.8, 4) is 5.75 Å². The van der Waals surface area contributed by atoms with Gasteiger partial charge in [0.05, 0.1) is 0 Å². The summed E-state index contributed by atoms with van der Waals surface area (Å²) in [5, 5.41) is 5.72. The number of carbonyl (C=O) groups excluding carboxylic acids is 3. The summed E-state index contributed by atoms with van der Waals surface area (Å²) in [5.74, 6) is 0.547. The molecule has 4 rings (SSSR count). The molecule has 7 nitrogen and oxygen atoms in total. The van der Waals surface area contributed by atoms with Gasteiger partial charge in [0, 0.05) is 35.9 Å². The van der Waals surface area contributed by atoms with E-state index in [9.17, 15) is 14.4 Å². The van der Waals surface area contributed by atoms with Gasteiger partial charge in [-0.2, -0.15) is 0 Å². The third kappa shape index (κ3) is 4.79. The van der Waals surface area contributed by atoms with E-state index in [0.717, 1.165) is 37.1 Å². The van der Waals surface area contributed by atoms with Crippen LogP contribution in [0.3, 0.4) is 0 Å². The summed E-state index contributed by atoms with van der Waals surface area (Å²) < 4.78 is 5.57. The van der Waals surface area contributed by atoms with Crippen molar-refractivity contribution in [1.29, 1.82) is 0 Å². The van der Waals surface area contributed by atoms with Crippen molar-refractivity contribution < 1.29 is 19.1 Å². The second-order valence-corrected chi connectivity index (χ2v) is 7.77. The first kappa shape index (κ1) is 19.9. The molecule has 2 N–H and O–H groups in total. The molecule has 0 atom stereocenters. The third-order valence-corrected chi connectivity index (χ3v) is 5.32. The van der Waals surface area contributed by atoms with Crippen LogP contribution in [0.4, 0.5) is 17.1 Å². The van der Waals surface area contributed by atoms with Gasteiger partial charge in [-0.15, -0.1) is 0 Å². The van der Waals surface area contributed by atoms with Crippen LogP contribution in [0.5, 0.6) is 5.75 Å². The molecule has 1 saturated carbocycles. The van der Waals surface area contributed by atoms with Crippen LogP contribution < -0.4 is 20.3 Å². The number of hydrogen-bond acceptors (Lipinski definition) is 4. The summed E-state index contributed by atoms with van der Waals surface area (Å²) in [6, 6.07) is 12.6. The fraction of sp³-hybridized carbons (Fsp3) is 0.348. The maximum Gasteiger partial charge on any atom is 0.262 e. The van der Waals surface area contributed by atoms with Crippen LogP contribution in [0.15, 0.2) is 42.5 Å². The summed E-state index contributed by atoms with van der Waals surface area (Å²) >= 11 is 0. The molecule has 2 aromatic carbocycles. The van der Waals surface area contributed by atoms with E-state index in [4.69, 9.17) is 4.74 Å². The molecule has 0 spiro atoms. The second-order valence-electron chi connectivity index (χ2n) is 7.77. The highest BCUT2D eigenvalue weighted by molar-refractivity contribution is 5.97. The molecule has 30 heavy (non-hydrogen) atoms. The fourth-order valence-electron chi connectivity index (χ4n) is 3.40. The van der Waals surface area contributed by atoms with E-state index in [0.29, 0.717) is 23.5 Å². The molecule has 0 radical (unpaired) electrons. The first-order chi connectivity index (χ1) is 14.5. The van der Waals surface area contributed by atoms with Gasteiger partial charge in [-0.3, -0.25) is 14.4 Å². The van der Waals surface area contributed by atoms with Gasteiger partial charge in [-0.25, -0.2) is 0 Å². The first-order valence-corrected chi connectivity index (χ1v) is 10.2. The van der Waals surface area contributed by atoms with Gasteiger partial charge in [0.1, 0.15) is 5.75 Å². The highest BCUT2D eigenvalue weighted by Crippen LogP contribution is 2.31. The Morgan fingerprint density at radius 1 is 1.10 bits per heavy atom. The standard InChI is InChI=1S/C23H25N3O4/c1-15-4-7-17(24-23(29)16-5-6-16)13-20(15)25-21(27)14-30-19-10-8-18(9-11-19)26-12-2-3-22(26)28/h4,7-11,13,16H,2-3,5-6,12,14H2,1H3,(H,24,29)(H,25,27). The maximum absolute atomic E-state index is 12.3. The van der Waals surface area contributed by atoms with E-state index in [-0.39, 0.29) is 30.2 Å². The van der Waals surface area contributed by atoms with Crippen molar-refractivity contribution in [2.75, 3.05) is 28.7 Å². The number of hydrogen-bond donors (Lipinski definition) is 2. The second kappa shape index (κ2) is 8.57. The van der Waals surface area contributed by atoms with Crippen LogP contribution in [0.25, 0.3) is 0 Å². The molecule has 156 valence electrons. The molecule has 1 saturated heterocycles. The van der Waals surface area contributed by atoms with Gasteiger partial charge in [0.2, 0.25) is 11.8 Å². The zero-order chi connectivity index (χ0) is 21.1. The number of anilines is 3. The highest BCUT2D eigenvalue weighted by atomic mass is 16.5. The monoisotopic (exact) mass is 407 g/mol. The highest BCUT2D eigenvalue weighted by Gasteiger charge is 2.29. The van der Waals surface area contributed by atoms with E-state index in [1.807, 2.05) is 31.2 Å². The number of carbonyl (C=O) groups is 3. The lowest BCUT2D eigenvalue weighted by molar-refractivity contribution is -0.118. The Morgan fingerprint density at radius 2 is 1.87 bits per heavy atom. The van der Waals surface area contributed by atoms with Crippen LogP contribution in [-0.4, -0.2) is 30.9 Å². The van der Waals surface area contributed by atoms with Crippen molar-refractivity contribution in [3.63, 3.8) is 0 Å². The number of nitrogens with one attached hydrogen (secondary N) is 2. The van der Waals surface area contributed by atoms with Gasteiger partial charge in [-0.1, -0.05) is 6.07 Å². The number of rotatable bonds is 7. The molecule has 2 aliphatic rings. The number of benzene rings is 2.